The second kappa shape index (κ2) is 9.92. The van der Waals surface area contributed by atoms with Crippen LogP contribution >= 0.6 is 0 Å². The first-order chi connectivity index (χ1) is 17.0. The van der Waals surface area contributed by atoms with Crippen LogP contribution in [0.1, 0.15) is 24.9 Å². The van der Waals surface area contributed by atoms with E-state index in [2.05, 4.69) is 24.3 Å². The van der Waals surface area contributed by atoms with Gasteiger partial charge >= 0.3 is 219 Å². The number of carbonyl (C=O) groups is 2. The second-order valence-electron chi connectivity index (χ2n) is 8.83. The molecule has 0 spiro atoms. The number of hydrogen-bond acceptors (Lipinski definition) is 4. The predicted molar refractivity (Wildman–Crippen MR) is 137 cm³/mol. The van der Waals surface area contributed by atoms with Crippen LogP contribution in [-0.4, -0.2) is 66.1 Å². The van der Waals surface area contributed by atoms with Gasteiger partial charge < -0.3 is 0 Å². The standard InChI is InChI=1S/C28H27NO4Se2/c1-27-23(25(30)32-2)18-28(34-21-14-8-4-9-15-21,35-22-16-10-5-11-17-22)26(31)29(27)24(19-33-27)20-12-6-3-7-13-20/h3-17,23-24H,18-19H2,1-2H3/t23-,24-,27-/m1/s1. The number of fused-ring (bicyclic) bond motifs is 1. The van der Waals surface area contributed by atoms with Crippen molar-refractivity contribution in [1.29, 1.82) is 0 Å². The van der Waals surface area contributed by atoms with E-state index < -0.39 is 14.9 Å². The number of hydrogen-bond donors (Lipinski definition) is 0. The van der Waals surface area contributed by atoms with E-state index >= 15 is 0 Å². The third-order valence-electron chi connectivity index (χ3n) is 6.71. The Balaban J connectivity index is 1.65. The van der Waals surface area contributed by atoms with Gasteiger partial charge in [-0.2, -0.15) is 0 Å². The first-order valence-corrected chi connectivity index (χ1v) is 15.0. The van der Waals surface area contributed by atoms with E-state index in [0.29, 0.717) is 13.0 Å². The molecule has 2 aliphatic heterocycles. The van der Waals surface area contributed by atoms with Crippen molar-refractivity contribution in [3.05, 3.63) is 96.6 Å². The third-order valence-corrected chi connectivity index (χ3v) is 13.5. The van der Waals surface area contributed by atoms with Gasteiger partial charge in [-0.3, -0.25) is 0 Å². The number of benzene rings is 3. The van der Waals surface area contributed by atoms with Crippen LogP contribution in [0.15, 0.2) is 91.0 Å². The van der Waals surface area contributed by atoms with Gasteiger partial charge in [-0.1, -0.05) is 0 Å². The molecule has 0 aliphatic carbocycles. The molecule has 0 saturated carbocycles. The minimum absolute atomic E-state index is 0.0826. The first-order valence-electron chi connectivity index (χ1n) is 11.6. The first kappa shape index (κ1) is 24.3. The van der Waals surface area contributed by atoms with Gasteiger partial charge in [0, 0.05) is 0 Å². The molecule has 7 heteroatoms. The third kappa shape index (κ3) is 4.48. The van der Waals surface area contributed by atoms with E-state index in [-0.39, 0.29) is 47.8 Å². The quantitative estimate of drug-likeness (QED) is 0.323. The SMILES string of the molecule is COC(=O)[C@H]1CC([Se]c2ccccc2)([Se]c2ccccc2)C(=O)N2[C@@H](c3ccccc3)CO[C@]12C. The fourth-order valence-electron chi connectivity index (χ4n) is 4.96. The molecular formula is C28H27NO4Se2. The summed E-state index contributed by atoms with van der Waals surface area (Å²) in [6, 6.07) is 30.1. The molecule has 0 aromatic heterocycles. The van der Waals surface area contributed by atoms with Crippen molar-refractivity contribution >= 4 is 50.7 Å². The average Bonchev–Trinajstić information content (AvgIpc) is 3.26. The van der Waals surface area contributed by atoms with Gasteiger partial charge in [0.05, 0.1) is 0 Å². The summed E-state index contributed by atoms with van der Waals surface area (Å²) in [5.41, 5.74) is -0.0308. The van der Waals surface area contributed by atoms with E-state index in [1.807, 2.05) is 78.6 Å². The molecule has 2 saturated heterocycles. The number of ether oxygens (including phenoxy) is 2. The van der Waals surface area contributed by atoms with E-state index in [0.717, 1.165) is 14.5 Å². The van der Waals surface area contributed by atoms with E-state index in [9.17, 15) is 9.59 Å². The molecule has 0 bridgehead atoms. The Labute approximate surface area is 218 Å². The van der Waals surface area contributed by atoms with Crippen molar-refractivity contribution in [3.8, 4) is 0 Å². The van der Waals surface area contributed by atoms with Crippen LogP contribution in [0.5, 0.6) is 0 Å². The van der Waals surface area contributed by atoms with Crippen LogP contribution < -0.4 is 8.92 Å². The van der Waals surface area contributed by atoms with Crippen LogP contribution in [0.25, 0.3) is 0 Å². The molecule has 180 valence electrons. The van der Waals surface area contributed by atoms with Gasteiger partial charge in [0.15, 0.2) is 0 Å². The van der Waals surface area contributed by atoms with Gasteiger partial charge in [-0.05, 0) is 0 Å². The second-order valence-corrected chi connectivity index (χ2v) is 15.9. The average molecular weight is 599 g/mol. The van der Waals surface area contributed by atoms with Gasteiger partial charge in [-0.25, -0.2) is 0 Å². The Morgan fingerprint density at radius 1 is 0.914 bits per heavy atom. The van der Waals surface area contributed by atoms with E-state index in [4.69, 9.17) is 9.47 Å². The maximum absolute atomic E-state index is 14.7. The van der Waals surface area contributed by atoms with Crippen molar-refractivity contribution in [1.82, 2.24) is 4.90 Å². The van der Waals surface area contributed by atoms with E-state index in [1.54, 1.807) is 0 Å². The summed E-state index contributed by atoms with van der Waals surface area (Å²) in [5.74, 6) is -0.815. The summed E-state index contributed by atoms with van der Waals surface area (Å²) < 4.78 is 13.2. The molecule has 1 amide bonds. The summed E-state index contributed by atoms with van der Waals surface area (Å²) in [5, 5.41) is 0. The zero-order chi connectivity index (χ0) is 24.5. The molecule has 2 fully saturated rings. The molecule has 0 radical (unpaired) electrons. The molecule has 5 rings (SSSR count). The summed E-state index contributed by atoms with van der Waals surface area (Å²) in [7, 11) is 1.42. The number of carbonyl (C=O) groups excluding carboxylic acids is 2. The molecule has 3 aromatic rings. The van der Waals surface area contributed by atoms with Gasteiger partial charge in [-0.15, -0.1) is 0 Å². The zero-order valence-electron chi connectivity index (χ0n) is 19.6. The Bertz CT molecular complexity index is 1150. The molecule has 2 aliphatic rings. The van der Waals surface area contributed by atoms with Crippen LogP contribution in [0.2, 0.25) is 3.21 Å². The van der Waals surface area contributed by atoms with Gasteiger partial charge in [0.25, 0.3) is 0 Å². The fraction of sp³-hybridized carbons (Fsp3) is 0.286. The zero-order valence-corrected chi connectivity index (χ0v) is 23.1. The number of esters is 1. The molecule has 0 N–H and O–H groups in total. The van der Waals surface area contributed by atoms with Crippen molar-refractivity contribution < 1.29 is 19.1 Å². The summed E-state index contributed by atoms with van der Waals surface area (Å²) in [6.07, 6.45) is 0.413. The van der Waals surface area contributed by atoms with Crippen LogP contribution in [0, 0.1) is 5.92 Å². The van der Waals surface area contributed by atoms with Crippen LogP contribution in [0.4, 0.5) is 0 Å². The van der Waals surface area contributed by atoms with Crippen molar-refractivity contribution in [2.75, 3.05) is 13.7 Å². The molecule has 2 heterocycles. The molecule has 3 atom stereocenters. The van der Waals surface area contributed by atoms with Crippen LogP contribution in [0.3, 0.4) is 0 Å². The number of piperidine rings is 1. The summed E-state index contributed by atoms with van der Waals surface area (Å²) in [6.45, 7) is 2.23. The predicted octanol–water partition coefficient (Wildman–Crippen LogP) is 2.67. The van der Waals surface area contributed by atoms with Crippen LogP contribution in [-0.2, 0) is 19.1 Å². The number of amides is 1. The topological polar surface area (TPSA) is 55.8 Å². The van der Waals surface area contributed by atoms with Crippen molar-refractivity contribution in [3.63, 3.8) is 0 Å². The molecule has 0 unspecified atom stereocenters. The van der Waals surface area contributed by atoms with E-state index in [1.165, 1.54) is 7.11 Å². The Morgan fingerprint density at radius 3 is 1.94 bits per heavy atom. The molecule has 3 aromatic carbocycles. The van der Waals surface area contributed by atoms with Crippen molar-refractivity contribution in [2.24, 2.45) is 5.92 Å². The summed E-state index contributed by atoms with van der Waals surface area (Å²) in [4.78, 5) is 29.8. The fourth-order valence-corrected chi connectivity index (χ4v) is 12.3. The minimum atomic E-state index is -1.05. The number of nitrogens with zero attached hydrogens (tertiary/aromatic N) is 1. The summed E-state index contributed by atoms with van der Waals surface area (Å²) >= 11 is -0.392. The maximum atomic E-state index is 14.7. The molecule has 5 nitrogen and oxygen atoms in total. The molecular weight excluding hydrogens is 572 g/mol. The Kier molecular flexibility index (Phi) is 6.89. The number of rotatable bonds is 6. The normalized spacial score (nSPS) is 25.2. The Hall–Kier alpha value is -2.40. The monoisotopic (exact) mass is 601 g/mol. The van der Waals surface area contributed by atoms with Gasteiger partial charge in [0.2, 0.25) is 0 Å². The number of methoxy groups -OCH3 is 1. The molecule has 35 heavy (non-hydrogen) atoms. The van der Waals surface area contributed by atoms with Gasteiger partial charge in [0.1, 0.15) is 0 Å². The van der Waals surface area contributed by atoms with Crippen molar-refractivity contribution in [2.45, 2.75) is 28.3 Å². The Morgan fingerprint density at radius 2 is 1.43 bits per heavy atom.